The quantitative estimate of drug-likeness (QED) is 0.452. The molecule has 162 valence electrons. The van der Waals surface area contributed by atoms with Crippen LogP contribution >= 0.6 is 0 Å². The Kier molecular flexibility index (Phi) is 6.48. The van der Waals surface area contributed by atoms with Crippen LogP contribution in [-0.4, -0.2) is 57.7 Å². The molecule has 31 heavy (non-hydrogen) atoms. The normalized spacial score (nSPS) is 26.5. The van der Waals surface area contributed by atoms with Crippen LogP contribution in [0.5, 0.6) is 0 Å². The average molecular weight is 422 g/mol. The molecule has 3 aromatic rings. The molecule has 6 nitrogen and oxygen atoms in total. The van der Waals surface area contributed by atoms with Crippen molar-refractivity contribution in [3.8, 4) is 0 Å². The molecule has 6 heteroatoms. The average Bonchev–Trinajstić information content (AvgIpc) is 2.83. The van der Waals surface area contributed by atoms with Crippen molar-refractivity contribution < 1.29 is 29.9 Å². The zero-order chi connectivity index (χ0) is 21.8. The van der Waals surface area contributed by atoms with Crippen molar-refractivity contribution >= 4 is 0 Å². The fraction of sp³-hybridized carbons (Fsp3) is 0.280. The van der Waals surface area contributed by atoms with E-state index in [0.29, 0.717) is 0 Å². The smallest absolute Gasteiger partial charge is 0.184 e. The molecule has 0 unspecified atom stereocenters. The van der Waals surface area contributed by atoms with Gasteiger partial charge in [-0.2, -0.15) is 0 Å². The largest absolute Gasteiger partial charge is 0.387 e. The zero-order valence-corrected chi connectivity index (χ0v) is 16.9. The third-order valence-corrected chi connectivity index (χ3v) is 5.69. The molecule has 1 heterocycles. The van der Waals surface area contributed by atoms with Gasteiger partial charge in [0.05, 0.1) is 6.61 Å². The van der Waals surface area contributed by atoms with Crippen molar-refractivity contribution in [3.05, 3.63) is 108 Å². The Morgan fingerprint density at radius 1 is 0.613 bits per heavy atom. The van der Waals surface area contributed by atoms with Crippen molar-refractivity contribution in [1.82, 2.24) is 0 Å². The molecule has 1 fully saturated rings. The van der Waals surface area contributed by atoms with Gasteiger partial charge in [-0.3, -0.25) is 0 Å². The first-order chi connectivity index (χ1) is 15.0. The lowest BCUT2D eigenvalue weighted by Gasteiger charge is -2.41. The van der Waals surface area contributed by atoms with Gasteiger partial charge in [-0.05, 0) is 16.7 Å². The molecule has 4 N–H and O–H groups in total. The lowest BCUT2D eigenvalue weighted by Crippen LogP contribution is -2.59. The van der Waals surface area contributed by atoms with Crippen LogP contribution in [0.25, 0.3) is 0 Å². The van der Waals surface area contributed by atoms with Gasteiger partial charge in [0.1, 0.15) is 30.0 Å². The van der Waals surface area contributed by atoms with Crippen molar-refractivity contribution in [2.24, 2.45) is 0 Å². The Morgan fingerprint density at radius 2 is 1.03 bits per heavy atom. The summed E-state index contributed by atoms with van der Waals surface area (Å²) in [6.45, 7) is -0.138. The van der Waals surface area contributed by atoms with Crippen LogP contribution in [-0.2, 0) is 15.1 Å². The number of ether oxygens (including phenoxy) is 2. The van der Waals surface area contributed by atoms with E-state index in [2.05, 4.69) is 0 Å². The van der Waals surface area contributed by atoms with Crippen molar-refractivity contribution in [2.45, 2.75) is 36.3 Å². The van der Waals surface area contributed by atoms with Gasteiger partial charge in [0.15, 0.2) is 6.29 Å². The van der Waals surface area contributed by atoms with Crippen molar-refractivity contribution in [1.29, 1.82) is 0 Å². The second-order valence-corrected chi connectivity index (χ2v) is 7.63. The summed E-state index contributed by atoms with van der Waals surface area (Å²) in [7, 11) is 0. The molecular weight excluding hydrogens is 396 g/mol. The molecule has 0 spiro atoms. The minimum Gasteiger partial charge on any atom is -0.387 e. The minimum atomic E-state index is -1.62. The topological polar surface area (TPSA) is 99.4 Å². The Hall–Kier alpha value is -2.58. The summed E-state index contributed by atoms with van der Waals surface area (Å²) in [6.07, 6.45) is -7.21. The summed E-state index contributed by atoms with van der Waals surface area (Å²) in [5.41, 5.74) is 1.59. The number of hydrogen-bond donors (Lipinski definition) is 4. The van der Waals surface area contributed by atoms with Gasteiger partial charge in [-0.1, -0.05) is 91.0 Å². The van der Waals surface area contributed by atoms with E-state index in [0.717, 1.165) is 16.7 Å². The minimum absolute atomic E-state index is 0.138. The van der Waals surface area contributed by atoms with E-state index in [9.17, 15) is 20.4 Å². The Morgan fingerprint density at radius 3 is 1.45 bits per heavy atom. The van der Waals surface area contributed by atoms with Crippen LogP contribution in [0, 0.1) is 0 Å². The predicted octanol–water partition coefficient (Wildman–Crippen LogP) is 1.79. The van der Waals surface area contributed by atoms with Gasteiger partial charge in [0, 0.05) is 0 Å². The third-order valence-electron chi connectivity index (χ3n) is 5.69. The first-order valence-corrected chi connectivity index (χ1v) is 10.2. The highest BCUT2D eigenvalue weighted by Crippen LogP contribution is 2.41. The van der Waals surface area contributed by atoms with Gasteiger partial charge in [0.2, 0.25) is 0 Å². The van der Waals surface area contributed by atoms with Gasteiger partial charge >= 0.3 is 0 Å². The van der Waals surface area contributed by atoms with Crippen LogP contribution in [0.1, 0.15) is 16.7 Å². The predicted molar refractivity (Wildman–Crippen MR) is 114 cm³/mol. The maximum Gasteiger partial charge on any atom is 0.184 e. The van der Waals surface area contributed by atoms with E-state index >= 15 is 0 Å². The summed E-state index contributed by atoms with van der Waals surface area (Å²) in [5, 5.41) is 40.2. The number of aliphatic hydroxyl groups is 4. The van der Waals surface area contributed by atoms with Crippen molar-refractivity contribution in [2.75, 3.05) is 6.61 Å². The fourth-order valence-electron chi connectivity index (χ4n) is 4.04. The summed E-state index contributed by atoms with van der Waals surface area (Å²) in [4.78, 5) is 0. The SMILES string of the molecule is O[C@H]1[C@@H](O)[C@@H](O)O[C@H](COC(c2ccccc2)(c2ccccc2)c2ccccc2)[C@@H]1O. The lowest BCUT2D eigenvalue weighted by atomic mass is 9.80. The summed E-state index contributed by atoms with van der Waals surface area (Å²) in [6, 6.07) is 29.1. The van der Waals surface area contributed by atoms with Gasteiger partial charge in [0.25, 0.3) is 0 Å². The zero-order valence-electron chi connectivity index (χ0n) is 16.9. The molecule has 4 rings (SSSR count). The molecule has 1 aliphatic heterocycles. The van der Waals surface area contributed by atoms with E-state index in [1.807, 2.05) is 91.0 Å². The summed E-state index contributed by atoms with van der Waals surface area (Å²) in [5.74, 6) is 0. The van der Waals surface area contributed by atoms with Gasteiger partial charge in [-0.25, -0.2) is 0 Å². The number of rotatable bonds is 6. The molecule has 0 aromatic heterocycles. The monoisotopic (exact) mass is 422 g/mol. The fourth-order valence-corrected chi connectivity index (χ4v) is 4.04. The number of hydrogen-bond acceptors (Lipinski definition) is 6. The molecule has 3 aromatic carbocycles. The molecule has 1 aliphatic rings. The van der Waals surface area contributed by atoms with Gasteiger partial charge in [-0.15, -0.1) is 0 Å². The van der Waals surface area contributed by atoms with Crippen LogP contribution in [0.3, 0.4) is 0 Å². The van der Waals surface area contributed by atoms with E-state index in [-0.39, 0.29) is 6.61 Å². The molecular formula is C25H26O6. The highest BCUT2D eigenvalue weighted by atomic mass is 16.6. The van der Waals surface area contributed by atoms with Crippen LogP contribution < -0.4 is 0 Å². The van der Waals surface area contributed by atoms with E-state index in [4.69, 9.17) is 9.47 Å². The molecule has 0 aliphatic carbocycles. The Labute approximate surface area is 180 Å². The standard InChI is InChI=1S/C25H26O6/c26-21-20(31-24(29)23(28)22(21)27)16-30-25(17-10-4-1-5-11-17,18-12-6-2-7-13-18)19-14-8-3-9-15-19/h1-15,20-24,26-29H,16H2/t20-,21+,22-,23-,24+/m1/s1. The number of benzene rings is 3. The first kappa shape index (κ1) is 21.6. The van der Waals surface area contributed by atoms with E-state index in [1.165, 1.54) is 0 Å². The summed E-state index contributed by atoms with van der Waals surface area (Å²) < 4.78 is 11.9. The van der Waals surface area contributed by atoms with Gasteiger partial charge < -0.3 is 29.9 Å². The van der Waals surface area contributed by atoms with Crippen LogP contribution in [0.4, 0.5) is 0 Å². The number of aliphatic hydroxyl groups excluding tert-OH is 4. The van der Waals surface area contributed by atoms with E-state index < -0.39 is 36.3 Å². The molecule has 0 radical (unpaired) electrons. The Balaban J connectivity index is 1.78. The Bertz CT molecular complexity index is 853. The second-order valence-electron chi connectivity index (χ2n) is 7.63. The first-order valence-electron chi connectivity index (χ1n) is 10.2. The maximum absolute atomic E-state index is 10.4. The maximum atomic E-state index is 10.4. The van der Waals surface area contributed by atoms with Crippen molar-refractivity contribution in [3.63, 3.8) is 0 Å². The molecule has 1 saturated heterocycles. The highest BCUT2D eigenvalue weighted by molar-refractivity contribution is 5.47. The third kappa shape index (κ3) is 4.14. The van der Waals surface area contributed by atoms with E-state index in [1.54, 1.807) is 0 Å². The molecule has 0 amide bonds. The lowest BCUT2D eigenvalue weighted by molar-refractivity contribution is -0.291. The summed E-state index contributed by atoms with van der Waals surface area (Å²) >= 11 is 0. The molecule has 0 bridgehead atoms. The highest BCUT2D eigenvalue weighted by Gasteiger charge is 2.45. The molecule has 5 atom stereocenters. The van der Waals surface area contributed by atoms with Crippen LogP contribution in [0.2, 0.25) is 0 Å². The molecule has 0 saturated carbocycles. The second kappa shape index (κ2) is 9.28. The van der Waals surface area contributed by atoms with Crippen LogP contribution in [0.15, 0.2) is 91.0 Å².